The zero-order chi connectivity index (χ0) is 12.3. The third-order valence-corrected chi connectivity index (χ3v) is 4.56. The molecule has 0 unspecified atom stereocenters. The highest BCUT2D eigenvalue weighted by Crippen LogP contribution is 2.25. The molecule has 0 fully saturated rings. The summed E-state index contributed by atoms with van der Waals surface area (Å²) in [6.45, 7) is 0.724. The van der Waals surface area contributed by atoms with Crippen LogP contribution in [0.5, 0.6) is 0 Å². The Kier molecular flexibility index (Phi) is 4.21. The summed E-state index contributed by atoms with van der Waals surface area (Å²) in [7, 11) is 0. The lowest BCUT2D eigenvalue weighted by Crippen LogP contribution is -1.99. The van der Waals surface area contributed by atoms with Crippen LogP contribution in [0.25, 0.3) is 0 Å². The van der Waals surface area contributed by atoms with Gasteiger partial charge in [0.2, 0.25) is 0 Å². The van der Waals surface area contributed by atoms with Crippen molar-refractivity contribution in [2.75, 3.05) is 5.32 Å². The smallest absolute Gasteiger partial charge is 0.103 e. The van der Waals surface area contributed by atoms with Gasteiger partial charge in [0.1, 0.15) is 6.07 Å². The molecule has 86 valence electrons. The summed E-state index contributed by atoms with van der Waals surface area (Å²) in [5.41, 5.74) is 1.49. The topological polar surface area (TPSA) is 35.8 Å². The summed E-state index contributed by atoms with van der Waals surface area (Å²) in [6.07, 6.45) is 0. The molecular weight excluding hydrogens is 364 g/mol. The summed E-state index contributed by atoms with van der Waals surface area (Å²) in [4.78, 5) is 1.22. The lowest BCUT2D eigenvalue weighted by atomic mass is 10.2. The van der Waals surface area contributed by atoms with Crippen LogP contribution >= 0.6 is 43.2 Å². The van der Waals surface area contributed by atoms with Crippen molar-refractivity contribution in [3.05, 3.63) is 49.0 Å². The number of halogens is 2. The van der Waals surface area contributed by atoms with Crippen LogP contribution in [-0.2, 0) is 6.54 Å². The van der Waals surface area contributed by atoms with Crippen molar-refractivity contribution in [3.63, 3.8) is 0 Å². The van der Waals surface area contributed by atoms with Crippen LogP contribution in [0.3, 0.4) is 0 Å². The Labute approximate surface area is 121 Å². The Morgan fingerprint density at radius 2 is 2.18 bits per heavy atom. The quantitative estimate of drug-likeness (QED) is 0.844. The number of nitrogens with zero attached hydrogens (tertiary/aromatic N) is 1. The third-order valence-electron chi connectivity index (χ3n) is 2.20. The van der Waals surface area contributed by atoms with Crippen LogP contribution in [0.1, 0.15) is 10.4 Å². The first kappa shape index (κ1) is 12.6. The minimum absolute atomic E-state index is 0.642. The van der Waals surface area contributed by atoms with Gasteiger partial charge in [0.15, 0.2) is 0 Å². The lowest BCUT2D eigenvalue weighted by Gasteiger charge is -2.07. The number of rotatable bonds is 3. The maximum Gasteiger partial charge on any atom is 0.103 e. The lowest BCUT2D eigenvalue weighted by molar-refractivity contribution is 1.18. The van der Waals surface area contributed by atoms with Gasteiger partial charge >= 0.3 is 0 Å². The molecule has 0 radical (unpaired) electrons. The molecule has 0 aliphatic heterocycles. The predicted molar refractivity (Wildman–Crippen MR) is 78.2 cm³/mol. The minimum Gasteiger partial charge on any atom is -0.379 e. The van der Waals surface area contributed by atoms with E-state index in [1.54, 1.807) is 11.3 Å². The average Bonchev–Trinajstić information content (AvgIpc) is 2.72. The van der Waals surface area contributed by atoms with E-state index in [2.05, 4.69) is 49.3 Å². The van der Waals surface area contributed by atoms with Gasteiger partial charge < -0.3 is 5.32 Å². The zero-order valence-corrected chi connectivity index (χ0v) is 12.7. The molecule has 0 aliphatic carbocycles. The SMILES string of the molecule is N#Cc1c(Br)cccc1NCc1cc(Br)cs1. The number of nitriles is 1. The van der Waals surface area contributed by atoms with E-state index in [-0.39, 0.29) is 0 Å². The van der Waals surface area contributed by atoms with Crippen LogP contribution in [0.2, 0.25) is 0 Å². The van der Waals surface area contributed by atoms with Crippen LogP contribution in [0.4, 0.5) is 5.69 Å². The van der Waals surface area contributed by atoms with Gasteiger partial charge in [-0.3, -0.25) is 0 Å². The summed E-state index contributed by atoms with van der Waals surface area (Å²) in [5.74, 6) is 0. The van der Waals surface area contributed by atoms with Crippen LogP contribution in [0.15, 0.2) is 38.6 Å². The predicted octanol–water partition coefficient (Wildman–Crippen LogP) is 4.76. The highest BCUT2D eigenvalue weighted by atomic mass is 79.9. The molecule has 1 aromatic carbocycles. The van der Waals surface area contributed by atoms with Crippen molar-refractivity contribution >= 4 is 48.9 Å². The second-order valence-corrected chi connectivity index (χ2v) is 6.12. The first-order chi connectivity index (χ1) is 8.20. The van der Waals surface area contributed by atoms with Crippen molar-refractivity contribution < 1.29 is 0 Å². The second-order valence-electron chi connectivity index (χ2n) is 3.36. The van der Waals surface area contributed by atoms with Crippen molar-refractivity contribution in [2.24, 2.45) is 0 Å². The summed E-state index contributed by atoms with van der Waals surface area (Å²) >= 11 is 8.47. The van der Waals surface area contributed by atoms with E-state index in [1.807, 2.05) is 23.6 Å². The molecule has 1 aromatic heterocycles. The number of hydrogen-bond donors (Lipinski definition) is 1. The third kappa shape index (κ3) is 3.09. The molecule has 5 heteroatoms. The van der Waals surface area contributed by atoms with Gasteiger partial charge in [0, 0.05) is 25.7 Å². The Morgan fingerprint density at radius 3 is 2.82 bits per heavy atom. The van der Waals surface area contributed by atoms with Gasteiger partial charge in [-0.25, -0.2) is 0 Å². The molecule has 1 heterocycles. The number of nitrogens with one attached hydrogen (secondary N) is 1. The summed E-state index contributed by atoms with van der Waals surface area (Å²) < 4.78 is 1.91. The van der Waals surface area contributed by atoms with E-state index in [0.717, 1.165) is 21.2 Å². The first-order valence-corrected chi connectivity index (χ1v) is 7.32. The normalized spacial score (nSPS) is 9.94. The molecule has 0 saturated heterocycles. The standard InChI is InChI=1S/C12H8Br2N2S/c13-8-4-9(17-7-8)6-16-12-3-1-2-11(14)10(12)5-15/h1-4,7,16H,6H2. The van der Waals surface area contributed by atoms with Crippen molar-refractivity contribution in [1.29, 1.82) is 5.26 Å². The van der Waals surface area contributed by atoms with E-state index < -0.39 is 0 Å². The Hall–Kier alpha value is -0.830. The van der Waals surface area contributed by atoms with E-state index >= 15 is 0 Å². The maximum atomic E-state index is 9.08. The largest absolute Gasteiger partial charge is 0.379 e. The van der Waals surface area contributed by atoms with Crippen molar-refractivity contribution in [1.82, 2.24) is 0 Å². The molecule has 0 aliphatic rings. The number of thiophene rings is 1. The molecule has 0 saturated carbocycles. The van der Waals surface area contributed by atoms with Crippen molar-refractivity contribution in [2.45, 2.75) is 6.54 Å². The number of anilines is 1. The van der Waals surface area contributed by atoms with Crippen LogP contribution in [-0.4, -0.2) is 0 Å². The van der Waals surface area contributed by atoms with E-state index in [1.165, 1.54) is 4.88 Å². The highest BCUT2D eigenvalue weighted by Gasteiger charge is 2.05. The number of hydrogen-bond acceptors (Lipinski definition) is 3. The van der Waals surface area contributed by atoms with Crippen molar-refractivity contribution in [3.8, 4) is 6.07 Å². The van der Waals surface area contributed by atoms with E-state index in [9.17, 15) is 0 Å². The molecule has 2 nitrogen and oxygen atoms in total. The molecule has 2 aromatic rings. The van der Waals surface area contributed by atoms with E-state index in [4.69, 9.17) is 5.26 Å². The molecule has 2 rings (SSSR count). The van der Waals surface area contributed by atoms with Gasteiger partial charge in [-0.2, -0.15) is 5.26 Å². The first-order valence-electron chi connectivity index (χ1n) is 4.86. The molecule has 0 bridgehead atoms. The molecular formula is C12H8Br2N2S. The fourth-order valence-corrected chi connectivity index (χ4v) is 3.26. The summed E-state index contributed by atoms with van der Waals surface area (Å²) in [6, 6.07) is 9.95. The summed E-state index contributed by atoms with van der Waals surface area (Å²) in [5, 5.41) is 14.4. The fourth-order valence-electron chi connectivity index (χ4n) is 1.41. The van der Waals surface area contributed by atoms with Crippen LogP contribution in [0, 0.1) is 11.3 Å². The fraction of sp³-hybridized carbons (Fsp3) is 0.0833. The Bertz CT molecular complexity index is 572. The van der Waals surface area contributed by atoms with Gasteiger partial charge in [0.25, 0.3) is 0 Å². The Morgan fingerprint density at radius 1 is 1.35 bits per heavy atom. The molecule has 0 amide bonds. The zero-order valence-electron chi connectivity index (χ0n) is 8.71. The monoisotopic (exact) mass is 370 g/mol. The molecule has 0 atom stereocenters. The second kappa shape index (κ2) is 5.67. The Balaban J connectivity index is 2.14. The average molecular weight is 372 g/mol. The number of benzene rings is 1. The van der Waals surface area contributed by atoms with Crippen LogP contribution < -0.4 is 5.32 Å². The van der Waals surface area contributed by atoms with E-state index in [0.29, 0.717) is 5.56 Å². The van der Waals surface area contributed by atoms with Gasteiger partial charge in [0.05, 0.1) is 11.3 Å². The maximum absolute atomic E-state index is 9.08. The minimum atomic E-state index is 0.642. The molecule has 17 heavy (non-hydrogen) atoms. The molecule has 1 N–H and O–H groups in total. The van der Waals surface area contributed by atoms with Gasteiger partial charge in [-0.1, -0.05) is 6.07 Å². The highest BCUT2D eigenvalue weighted by molar-refractivity contribution is 9.10. The van der Waals surface area contributed by atoms with Gasteiger partial charge in [-0.15, -0.1) is 11.3 Å². The molecule has 0 spiro atoms. The van der Waals surface area contributed by atoms with Gasteiger partial charge in [-0.05, 0) is 50.1 Å².